The summed E-state index contributed by atoms with van der Waals surface area (Å²) in [4.78, 5) is 42.1. The van der Waals surface area contributed by atoms with E-state index in [1.807, 2.05) is 91.9 Å². The van der Waals surface area contributed by atoms with Gasteiger partial charge in [0.25, 0.3) is 5.91 Å². The average molecular weight is 510 g/mol. The maximum absolute atomic E-state index is 14.4. The van der Waals surface area contributed by atoms with Crippen LogP contribution in [0.25, 0.3) is 6.08 Å². The molecule has 0 heterocycles. The van der Waals surface area contributed by atoms with E-state index in [9.17, 15) is 14.4 Å². The lowest BCUT2D eigenvalue weighted by atomic mass is 9.94. The van der Waals surface area contributed by atoms with E-state index in [1.54, 1.807) is 6.08 Å². The van der Waals surface area contributed by atoms with Crippen molar-refractivity contribution in [3.8, 4) is 0 Å². The highest BCUT2D eigenvalue weighted by molar-refractivity contribution is 6.13. The Labute approximate surface area is 224 Å². The van der Waals surface area contributed by atoms with E-state index < -0.39 is 11.9 Å². The second-order valence-corrected chi connectivity index (χ2v) is 9.82. The Balaban J connectivity index is 1.83. The van der Waals surface area contributed by atoms with E-state index in [0.717, 1.165) is 36.8 Å². The largest absolute Gasteiger partial charge is 0.351 e. The summed E-state index contributed by atoms with van der Waals surface area (Å²) >= 11 is 0. The number of anilines is 1. The van der Waals surface area contributed by atoms with Crippen molar-refractivity contribution in [1.82, 2.24) is 10.6 Å². The van der Waals surface area contributed by atoms with Crippen LogP contribution in [0.1, 0.15) is 61.8 Å². The first kappa shape index (κ1) is 26.9. The van der Waals surface area contributed by atoms with Gasteiger partial charge in [-0.3, -0.25) is 19.3 Å². The molecule has 0 aliphatic heterocycles. The number of hydrogen-bond donors (Lipinski definition) is 2. The molecule has 3 aromatic rings. The number of amides is 3. The highest BCUT2D eigenvalue weighted by Gasteiger charge is 2.35. The number of rotatable bonds is 8. The van der Waals surface area contributed by atoms with Crippen LogP contribution in [0.3, 0.4) is 0 Å². The molecule has 1 saturated carbocycles. The zero-order chi connectivity index (χ0) is 26.9. The molecule has 3 amide bonds. The SMILES string of the molecule is CC(=O)N/C(=C\c1ccccc1)C(=O)N(c1cccc(C)c1)C(C(=O)NC1CCCCC1)c1ccccc1. The average Bonchev–Trinajstić information content (AvgIpc) is 2.92. The lowest BCUT2D eigenvalue weighted by molar-refractivity contribution is -0.126. The van der Waals surface area contributed by atoms with E-state index in [4.69, 9.17) is 0 Å². The summed E-state index contributed by atoms with van der Waals surface area (Å²) < 4.78 is 0. The monoisotopic (exact) mass is 509 g/mol. The predicted octanol–water partition coefficient (Wildman–Crippen LogP) is 5.70. The van der Waals surface area contributed by atoms with Gasteiger partial charge in [-0.25, -0.2) is 0 Å². The number of carbonyl (C=O) groups is 3. The van der Waals surface area contributed by atoms with Gasteiger partial charge in [0.2, 0.25) is 11.8 Å². The fourth-order valence-electron chi connectivity index (χ4n) is 4.93. The number of nitrogens with zero attached hydrogens (tertiary/aromatic N) is 1. The third-order valence-corrected chi connectivity index (χ3v) is 6.72. The van der Waals surface area contributed by atoms with Gasteiger partial charge >= 0.3 is 0 Å². The van der Waals surface area contributed by atoms with E-state index in [2.05, 4.69) is 10.6 Å². The highest BCUT2D eigenvalue weighted by Crippen LogP contribution is 2.31. The molecule has 0 bridgehead atoms. The van der Waals surface area contributed by atoms with Gasteiger partial charge in [0.15, 0.2) is 0 Å². The molecule has 1 fully saturated rings. The maximum Gasteiger partial charge on any atom is 0.275 e. The molecule has 0 aromatic heterocycles. The van der Waals surface area contributed by atoms with Crippen molar-refractivity contribution in [3.05, 3.63) is 107 Å². The fraction of sp³-hybridized carbons (Fsp3) is 0.281. The number of benzene rings is 3. The molecule has 3 aromatic carbocycles. The first-order chi connectivity index (χ1) is 18.4. The van der Waals surface area contributed by atoms with Crippen molar-refractivity contribution < 1.29 is 14.4 Å². The molecule has 1 unspecified atom stereocenters. The van der Waals surface area contributed by atoms with Crippen LogP contribution in [0.4, 0.5) is 5.69 Å². The lowest BCUT2D eigenvalue weighted by Crippen LogP contribution is -2.49. The molecular weight excluding hydrogens is 474 g/mol. The summed E-state index contributed by atoms with van der Waals surface area (Å²) in [5.41, 5.74) is 3.07. The Morgan fingerprint density at radius 3 is 2.16 bits per heavy atom. The Morgan fingerprint density at radius 2 is 1.53 bits per heavy atom. The summed E-state index contributed by atoms with van der Waals surface area (Å²) in [6.07, 6.45) is 6.83. The number of hydrogen-bond acceptors (Lipinski definition) is 3. The van der Waals surface area contributed by atoms with Crippen LogP contribution < -0.4 is 15.5 Å². The number of aryl methyl sites for hydroxylation is 1. The third-order valence-electron chi connectivity index (χ3n) is 6.72. The van der Waals surface area contributed by atoms with Gasteiger partial charge in [-0.15, -0.1) is 0 Å². The molecule has 0 spiro atoms. The molecular formula is C32H35N3O3. The van der Waals surface area contributed by atoms with E-state index >= 15 is 0 Å². The second kappa shape index (κ2) is 12.9. The van der Waals surface area contributed by atoms with E-state index in [1.165, 1.54) is 18.2 Å². The quantitative estimate of drug-likeness (QED) is 0.383. The van der Waals surface area contributed by atoms with Crippen LogP contribution in [-0.4, -0.2) is 23.8 Å². The highest BCUT2D eigenvalue weighted by atomic mass is 16.2. The van der Waals surface area contributed by atoms with Gasteiger partial charge in [0.1, 0.15) is 11.7 Å². The molecule has 6 heteroatoms. The van der Waals surface area contributed by atoms with Crippen LogP contribution in [0.15, 0.2) is 90.6 Å². The normalized spacial score (nSPS) is 14.8. The Hall–Kier alpha value is -4.19. The molecule has 4 rings (SSSR count). The first-order valence-corrected chi connectivity index (χ1v) is 13.2. The Bertz CT molecular complexity index is 1280. The van der Waals surface area contributed by atoms with Crippen molar-refractivity contribution in [2.24, 2.45) is 0 Å². The summed E-state index contributed by atoms with van der Waals surface area (Å²) in [6, 6.07) is 25.3. The van der Waals surface area contributed by atoms with Gasteiger partial charge in [0, 0.05) is 18.7 Å². The molecule has 0 saturated heterocycles. The van der Waals surface area contributed by atoms with Gasteiger partial charge in [-0.05, 0) is 54.7 Å². The minimum absolute atomic E-state index is 0.0756. The zero-order valence-corrected chi connectivity index (χ0v) is 22.0. The number of nitrogens with one attached hydrogen (secondary N) is 2. The van der Waals surface area contributed by atoms with Crippen LogP contribution >= 0.6 is 0 Å². The predicted molar refractivity (Wildman–Crippen MR) is 151 cm³/mol. The molecule has 1 atom stereocenters. The van der Waals surface area contributed by atoms with Gasteiger partial charge in [-0.2, -0.15) is 0 Å². The molecule has 196 valence electrons. The van der Waals surface area contributed by atoms with E-state index in [0.29, 0.717) is 11.3 Å². The lowest BCUT2D eigenvalue weighted by Gasteiger charge is -2.34. The van der Waals surface area contributed by atoms with Crippen LogP contribution in [0.5, 0.6) is 0 Å². The topological polar surface area (TPSA) is 78.5 Å². The second-order valence-electron chi connectivity index (χ2n) is 9.82. The first-order valence-electron chi connectivity index (χ1n) is 13.2. The summed E-state index contributed by atoms with van der Waals surface area (Å²) in [7, 11) is 0. The summed E-state index contributed by atoms with van der Waals surface area (Å²) in [5, 5.41) is 5.95. The van der Waals surface area contributed by atoms with E-state index in [-0.39, 0.29) is 23.6 Å². The smallest absolute Gasteiger partial charge is 0.275 e. The van der Waals surface area contributed by atoms with Crippen LogP contribution in [0.2, 0.25) is 0 Å². The molecule has 38 heavy (non-hydrogen) atoms. The molecule has 6 nitrogen and oxygen atoms in total. The zero-order valence-electron chi connectivity index (χ0n) is 22.0. The maximum atomic E-state index is 14.4. The van der Waals surface area contributed by atoms with Crippen molar-refractivity contribution >= 4 is 29.5 Å². The van der Waals surface area contributed by atoms with Crippen molar-refractivity contribution in [2.75, 3.05) is 4.90 Å². The third kappa shape index (κ3) is 6.97. The van der Waals surface area contributed by atoms with Gasteiger partial charge in [0.05, 0.1) is 0 Å². The van der Waals surface area contributed by atoms with Gasteiger partial charge in [-0.1, -0.05) is 92.1 Å². The van der Waals surface area contributed by atoms with Crippen molar-refractivity contribution in [3.63, 3.8) is 0 Å². The summed E-state index contributed by atoms with van der Waals surface area (Å²) in [5.74, 6) is -1.07. The van der Waals surface area contributed by atoms with Gasteiger partial charge < -0.3 is 10.6 Å². The minimum atomic E-state index is -0.930. The fourth-order valence-corrected chi connectivity index (χ4v) is 4.93. The molecule has 2 N–H and O–H groups in total. The standard InChI is InChI=1S/C32H35N3O3/c1-23-13-12-20-28(21-23)35(32(38)29(33-24(2)36)22-25-14-6-3-7-15-25)30(26-16-8-4-9-17-26)31(37)34-27-18-10-5-11-19-27/h3-4,6-9,12-17,20-22,27,30H,5,10-11,18-19H2,1-2H3,(H,33,36)(H,34,37)/b29-22-. The minimum Gasteiger partial charge on any atom is -0.351 e. The van der Waals surface area contributed by atoms with Crippen LogP contribution in [-0.2, 0) is 14.4 Å². The molecule has 1 aliphatic rings. The molecule has 1 aliphatic carbocycles. The Morgan fingerprint density at radius 1 is 0.868 bits per heavy atom. The van der Waals surface area contributed by atoms with Crippen molar-refractivity contribution in [2.45, 2.75) is 58.0 Å². The molecule has 0 radical (unpaired) electrons. The van der Waals surface area contributed by atoms with Crippen LogP contribution in [0, 0.1) is 6.92 Å². The van der Waals surface area contributed by atoms with Crippen molar-refractivity contribution in [1.29, 1.82) is 0 Å². The number of carbonyl (C=O) groups excluding carboxylic acids is 3. The Kier molecular flexibility index (Phi) is 9.09. The summed E-state index contributed by atoms with van der Waals surface area (Å²) in [6.45, 7) is 3.31.